The molecule has 3 fully saturated rings. The average molecular weight is 655 g/mol. The average Bonchev–Trinajstić information content (AvgIpc) is 3.69. The van der Waals surface area contributed by atoms with Gasteiger partial charge in [-0.05, 0) is 43.2 Å². The normalized spacial score (nSPS) is 28.1. The number of nitrogens with zero attached hydrogens (tertiary/aromatic N) is 2. The second-order valence-electron chi connectivity index (χ2n) is 13.1. The maximum Gasteiger partial charge on any atom is 0.249 e. The van der Waals surface area contributed by atoms with E-state index < -0.39 is 72.5 Å². The minimum Gasteiger partial charge on any atom is -0.388 e. The van der Waals surface area contributed by atoms with Gasteiger partial charge in [0, 0.05) is 43.8 Å². The number of benzene rings is 1. The standard InChI is InChI=1S/C33H46N6O8/c1-19(2)13-24-31(43)36-23-10-12-47-27(30(23)42)16-38(29(41)18-46-3)17-28(40)35-25(14-20-15-34-22-8-5-4-7-21(20)22)33(45)39-11-6-9-26(39)32(44)37-24/h4-5,7-8,15,19,23-27,30,34,42H,6,9-14,16-18H2,1-3H3,(H,35,40)(H,36,43)(H,37,44)/t23-,24+,25+,26+,27+,30-/m0/s1. The number of aliphatic hydroxyl groups is 1. The molecule has 5 amide bonds. The van der Waals surface area contributed by atoms with Crippen molar-refractivity contribution in [3.05, 3.63) is 36.0 Å². The van der Waals surface area contributed by atoms with Crippen LogP contribution < -0.4 is 16.0 Å². The first kappa shape index (κ1) is 34.3. The Morgan fingerprint density at radius 3 is 2.62 bits per heavy atom. The van der Waals surface area contributed by atoms with Crippen LogP contribution in [0.25, 0.3) is 10.9 Å². The first-order chi connectivity index (χ1) is 22.5. The van der Waals surface area contributed by atoms with Gasteiger partial charge in [0.1, 0.15) is 36.9 Å². The van der Waals surface area contributed by atoms with Crippen molar-refractivity contribution in [2.75, 3.05) is 40.0 Å². The van der Waals surface area contributed by atoms with Crippen LogP contribution in [-0.2, 0) is 39.9 Å². The van der Waals surface area contributed by atoms with Crippen molar-refractivity contribution in [2.45, 2.75) is 82.3 Å². The molecule has 4 heterocycles. The number of aromatic nitrogens is 1. The van der Waals surface area contributed by atoms with Crippen LogP contribution in [-0.4, -0.2) is 126 Å². The number of nitrogens with one attached hydrogen (secondary N) is 4. The zero-order chi connectivity index (χ0) is 33.7. The van der Waals surface area contributed by atoms with E-state index in [9.17, 15) is 29.1 Å². The summed E-state index contributed by atoms with van der Waals surface area (Å²) in [4.78, 5) is 74.2. The molecule has 3 saturated heterocycles. The molecule has 5 N–H and O–H groups in total. The van der Waals surface area contributed by atoms with Crippen LogP contribution in [0.4, 0.5) is 0 Å². The van der Waals surface area contributed by atoms with Gasteiger partial charge in [-0.1, -0.05) is 32.0 Å². The van der Waals surface area contributed by atoms with E-state index in [1.165, 1.54) is 16.9 Å². The Hall–Kier alpha value is -4.01. The number of H-pyrrole nitrogens is 1. The Labute approximate surface area is 273 Å². The summed E-state index contributed by atoms with van der Waals surface area (Å²) in [6.45, 7) is 3.50. The van der Waals surface area contributed by atoms with Crippen molar-refractivity contribution in [3.8, 4) is 0 Å². The maximum atomic E-state index is 14.3. The summed E-state index contributed by atoms with van der Waals surface area (Å²) >= 11 is 0. The highest BCUT2D eigenvalue weighted by Crippen LogP contribution is 2.24. The molecule has 0 unspecified atom stereocenters. The third-order valence-corrected chi connectivity index (χ3v) is 9.15. The molecular weight excluding hydrogens is 608 g/mol. The first-order valence-corrected chi connectivity index (χ1v) is 16.4. The van der Waals surface area contributed by atoms with E-state index in [0.717, 1.165) is 16.5 Å². The molecule has 256 valence electrons. The van der Waals surface area contributed by atoms with Crippen molar-refractivity contribution in [1.82, 2.24) is 30.7 Å². The fourth-order valence-corrected chi connectivity index (χ4v) is 6.77. The largest absolute Gasteiger partial charge is 0.388 e. The van der Waals surface area contributed by atoms with Crippen molar-refractivity contribution in [3.63, 3.8) is 0 Å². The molecule has 6 atom stereocenters. The van der Waals surface area contributed by atoms with Gasteiger partial charge >= 0.3 is 0 Å². The second kappa shape index (κ2) is 15.3. The minimum atomic E-state index is -1.19. The third kappa shape index (κ3) is 8.11. The number of rotatable bonds is 6. The van der Waals surface area contributed by atoms with Crippen LogP contribution in [0.1, 0.15) is 45.1 Å². The van der Waals surface area contributed by atoms with Gasteiger partial charge in [0.25, 0.3) is 0 Å². The molecule has 1 aromatic carbocycles. The van der Waals surface area contributed by atoms with Crippen molar-refractivity contribution < 1.29 is 38.6 Å². The zero-order valence-corrected chi connectivity index (χ0v) is 27.2. The summed E-state index contributed by atoms with van der Waals surface area (Å²) in [6, 6.07) is 4.13. The molecule has 0 aliphatic carbocycles. The summed E-state index contributed by atoms with van der Waals surface area (Å²) in [5.74, 6) is -2.36. The lowest BCUT2D eigenvalue weighted by Gasteiger charge is -2.38. The van der Waals surface area contributed by atoms with Gasteiger partial charge in [0.05, 0.1) is 19.1 Å². The van der Waals surface area contributed by atoms with Gasteiger partial charge in [-0.3, -0.25) is 24.0 Å². The number of hydrogen-bond donors (Lipinski definition) is 5. The summed E-state index contributed by atoms with van der Waals surface area (Å²) in [6.07, 6.45) is 1.47. The summed E-state index contributed by atoms with van der Waals surface area (Å²) in [5.41, 5.74) is 1.68. The monoisotopic (exact) mass is 654 g/mol. The number of amides is 5. The molecule has 2 aromatic rings. The molecule has 5 rings (SSSR count). The fraction of sp³-hybridized carbons (Fsp3) is 0.606. The third-order valence-electron chi connectivity index (χ3n) is 9.15. The van der Waals surface area contributed by atoms with E-state index >= 15 is 0 Å². The highest BCUT2D eigenvalue weighted by molar-refractivity contribution is 5.96. The topological polar surface area (TPSA) is 182 Å². The van der Waals surface area contributed by atoms with Crippen LogP contribution in [0.15, 0.2) is 30.5 Å². The van der Waals surface area contributed by atoms with Crippen LogP contribution in [0, 0.1) is 5.92 Å². The van der Waals surface area contributed by atoms with Gasteiger partial charge in [-0.2, -0.15) is 0 Å². The lowest BCUT2D eigenvalue weighted by atomic mass is 9.97. The molecular formula is C33H46N6O8. The predicted molar refractivity (Wildman–Crippen MR) is 171 cm³/mol. The van der Waals surface area contributed by atoms with Gasteiger partial charge in [-0.25, -0.2) is 0 Å². The number of para-hydroxylation sites is 1. The predicted octanol–water partition coefficient (Wildman–Crippen LogP) is -0.160. The molecule has 0 saturated carbocycles. The van der Waals surface area contributed by atoms with Gasteiger partial charge in [0.15, 0.2) is 0 Å². The molecule has 47 heavy (non-hydrogen) atoms. The van der Waals surface area contributed by atoms with Gasteiger partial charge in [-0.15, -0.1) is 0 Å². The highest BCUT2D eigenvalue weighted by Gasteiger charge is 2.41. The second-order valence-corrected chi connectivity index (χ2v) is 13.1. The Morgan fingerprint density at radius 1 is 1.06 bits per heavy atom. The molecule has 14 nitrogen and oxygen atoms in total. The number of aromatic amines is 1. The number of carbonyl (C=O) groups excluding carboxylic acids is 5. The number of methoxy groups -OCH3 is 1. The number of carbonyl (C=O) groups is 5. The molecule has 14 heteroatoms. The van der Waals surface area contributed by atoms with Crippen LogP contribution in [0.5, 0.6) is 0 Å². The van der Waals surface area contributed by atoms with E-state index in [-0.39, 0.29) is 32.1 Å². The molecule has 3 aliphatic rings. The van der Waals surface area contributed by atoms with Crippen molar-refractivity contribution >= 4 is 40.4 Å². The molecule has 0 radical (unpaired) electrons. The number of fused-ring (bicyclic) bond motifs is 4. The molecule has 0 spiro atoms. The van der Waals surface area contributed by atoms with E-state index in [2.05, 4.69) is 20.9 Å². The Kier molecular flexibility index (Phi) is 11.1. The Balaban J connectivity index is 1.50. The quantitative estimate of drug-likeness (QED) is 0.285. The maximum absolute atomic E-state index is 14.3. The van der Waals surface area contributed by atoms with Gasteiger partial charge < -0.3 is 45.3 Å². The number of aliphatic hydroxyl groups excluding tert-OH is 1. The van der Waals surface area contributed by atoms with E-state index in [0.29, 0.717) is 32.2 Å². The van der Waals surface area contributed by atoms with E-state index in [1.807, 2.05) is 38.1 Å². The summed E-state index contributed by atoms with van der Waals surface area (Å²) in [5, 5.41) is 20.8. The Bertz CT molecular complexity index is 1460. The molecule has 1 aromatic heterocycles. The fourth-order valence-electron chi connectivity index (χ4n) is 6.77. The van der Waals surface area contributed by atoms with Crippen LogP contribution in [0.3, 0.4) is 0 Å². The van der Waals surface area contributed by atoms with E-state index in [1.54, 1.807) is 6.20 Å². The van der Waals surface area contributed by atoms with Crippen LogP contribution in [0.2, 0.25) is 0 Å². The van der Waals surface area contributed by atoms with Gasteiger partial charge in [0.2, 0.25) is 29.5 Å². The zero-order valence-electron chi connectivity index (χ0n) is 27.2. The van der Waals surface area contributed by atoms with Crippen molar-refractivity contribution in [1.29, 1.82) is 0 Å². The SMILES string of the molecule is COCC(=O)N1CC(=O)N[C@H](Cc2c[nH]c3ccccc23)C(=O)N2CCC[C@@H]2C(=O)N[C@H](CC(C)C)C(=O)N[C@H]2CCO[C@H](C1)[C@H]2O. The summed E-state index contributed by atoms with van der Waals surface area (Å²) < 4.78 is 10.9. The lowest BCUT2D eigenvalue weighted by Crippen LogP contribution is -2.60. The first-order valence-electron chi connectivity index (χ1n) is 16.4. The number of hydrogen-bond acceptors (Lipinski definition) is 8. The van der Waals surface area contributed by atoms with Crippen molar-refractivity contribution in [2.24, 2.45) is 5.92 Å². The minimum absolute atomic E-state index is 0.0601. The number of ether oxygens (including phenoxy) is 2. The lowest BCUT2D eigenvalue weighted by molar-refractivity contribution is -0.148. The Morgan fingerprint density at radius 2 is 1.85 bits per heavy atom. The molecule has 3 aliphatic heterocycles. The van der Waals surface area contributed by atoms with E-state index in [4.69, 9.17) is 9.47 Å². The van der Waals surface area contributed by atoms with Crippen LogP contribution >= 0.6 is 0 Å². The smallest absolute Gasteiger partial charge is 0.249 e. The summed E-state index contributed by atoms with van der Waals surface area (Å²) in [7, 11) is 1.36. The molecule has 2 bridgehead atoms. The highest BCUT2D eigenvalue weighted by atomic mass is 16.5.